The van der Waals surface area contributed by atoms with Crippen molar-refractivity contribution in [3.8, 4) is 23.8 Å². The van der Waals surface area contributed by atoms with Crippen LogP contribution in [0, 0.1) is 12.3 Å². The first-order valence-electron chi connectivity index (χ1n) is 5.89. The van der Waals surface area contributed by atoms with Gasteiger partial charge in [-0.3, -0.25) is 0 Å². The molecule has 1 aromatic rings. The quantitative estimate of drug-likeness (QED) is 0.781. The number of nitrogens with one attached hydrogen (secondary N) is 1. The van der Waals surface area contributed by atoms with Crippen LogP contribution < -0.4 is 10.1 Å². The van der Waals surface area contributed by atoms with Crippen LogP contribution in [0.4, 0.5) is 0 Å². The van der Waals surface area contributed by atoms with Gasteiger partial charge in [0, 0.05) is 24.1 Å². The van der Waals surface area contributed by atoms with Crippen LogP contribution in [-0.2, 0) is 0 Å². The van der Waals surface area contributed by atoms with Gasteiger partial charge in [0.1, 0.15) is 18.1 Å². The van der Waals surface area contributed by atoms with Crippen LogP contribution in [0.15, 0.2) is 18.2 Å². The summed E-state index contributed by atoms with van der Waals surface area (Å²) in [6, 6.07) is 5.72. The lowest BCUT2D eigenvalue weighted by atomic mass is 10.1. The Morgan fingerprint density at radius 2 is 2.47 bits per heavy atom. The normalized spacial score (nSPS) is 19.2. The van der Waals surface area contributed by atoms with Crippen LogP contribution in [0.2, 0.25) is 0 Å². The lowest BCUT2D eigenvalue weighted by Crippen LogP contribution is -2.32. The first-order valence-corrected chi connectivity index (χ1v) is 5.89. The van der Waals surface area contributed by atoms with E-state index >= 15 is 0 Å². The number of hydrogen-bond donors (Lipinski definition) is 2. The standard InChI is InChI=1S/C14H17NO2/c1-3-5-10(4-2)15-13-9-17-14-8-11(16)6-7-12(13)14/h1,6-8,10,13,15-16H,4-5,9H2,2H3. The van der Waals surface area contributed by atoms with Crippen molar-refractivity contribution in [3.63, 3.8) is 0 Å². The van der Waals surface area contributed by atoms with Gasteiger partial charge in [0.25, 0.3) is 0 Å². The Morgan fingerprint density at radius 1 is 1.65 bits per heavy atom. The van der Waals surface area contributed by atoms with Crippen LogP contribution >= 0.6 is 0 Å². The van der Waals surface area contributed by atoms with Gasteiger partial charge in [-0.2, -0.15) is 0 Å². The molecule has 0 aliphatic carbocycles. The Morgan fingerprint density at radius 3 is 3.18 bits per heavy atom. The van der Waals surface area contributed by atoms with Gasteiger partial charge in [-0.25, -0.2) is 0 Å². The SMILES string of the molecule is C#CCC(CC)NC1COc2cc(O)ccc21. The second kappa shape index (κ2) is 5.11. The smallest absolute Gasteiger partial charge is 0.127 e. The fourth-order valence-corrected chi connectivity index (χ4v) is 2.08. The second-order valence-corrected chi connectivity index (χ2v) is 4.27. The minimum atomic E-state index is 0.170. The number of ether oxygens (including phenoxy) is 1. The lowest BCUT2D eigenvalue weighted by molar-refractivity contribution is 0.295. The molecule has 3 nitrogen and oxygen atoms in total. The molecule has 0 aromatic heterocycles. The van der Waals surface area contributed by atoms with Crippen LogP contribution in [0.25, 0.3) is 0 Å². The van der Waals surface area contributed by atoms with Gasteiger partial charge in [0.15, 0.2) is 0 Å². The number of aromatic hydroxyl groups is 1. The van der Waals surface area contributed by atoms with Gasteiger partial charge >= 0.3 is 0 Å². The first-order chi connectivity index (χ1) is 8.24. The van der Waals surface area contributed by atoms with Crippen molar-refractivity contribution in [1.82, 2.24) is 5.32 Å². The average molecular weight is 231 g/mol. The van der Waals surface area contributed by atoms with Crippen molar-refractivity contribution < 1.29 is 9.84 Å². The molecule has 1 aromatic carbocycles. The van der Waals surface area contributed by atoms with Crippen molar-refractivity contribution in [3.05, 3.63) is 23.8 Å². The highest BCUT2D eigenvalue weighted by Crippen LogP contribution is 2.35. The third kappa shape index (κ3) is 2.54. The lowest BCUT2D eigenvalue weighted by Gasteiger charge is -2.19. The van der Waals surface area contributed by atoms with Crippen LogP contribution in [0.5, 0.6) is 11.5 Å². The summed E-state index contributed by atoms with van der Waals surface area (Å²) in [6.07, 6.45) is 7.06. The van der Waals surface area contributed by atoms with Gasteiger partial charge in [-0.1, -0.05) is 6.92 Å². The third-order valence-electron chi connectivity index (χ3n) is 3.07. The molecule has 0 radical (unpaired) electrons. The Bertz CT molecular complexity index is 436. The first kappa shape index (κ1) is 11.8. The Balaban J connectivity index is 2.09. The summed E-state index contributed by atoms with van der Waals surface area (Å²) < 4.78 is 5.54. The van der Waals surface area contributed by atoms with Gasteiger partial charge in [-0.05, 0) is 18.6 Å². The summed E-state index contributed by atoms with van der Waals surface area (Å²) in [4.78, 5) is 0. The predicted octanol–water partition coefficient (Wildman–Crippen LogP) is 2.22. The molecule has 0 saturated carbocycles. The minimum Gasteiger partial charge on any atom is -0.508 e. The fraction of sp³-hybridized carbons (Fsp3) is 0.429. The molecular weight excluding hydrogens is 214 g/mol. The maximum atomic E-state index is 9.37. The van der Waals surface area contributed by atoms with Crippen molar-refractivity contribution in [1.29, 1.82) is 0 Å². The Labute approximate surface area is 102 Å². The highest BCUT2D eigenvalue weighted by Gasteiger charge is 2.25. The minimum absolute atomic E-state index is 0.170. The molecule has 0 saturated heterocycles. The summed E-state index contributed by atoms with van der Waals surface area (Å²) in [7, 11) is 0. The summed E-state index contributed by atoms with van der Waals surface area (Å²) in [6.45, 7) is 2.71. The van der Waals surface area contributed by atoms with E-state index in [0.717, 1.165) is 24.2 Å². The number of phenols is 1. The predicted molar refractivity (Wildman–Crippen MR) is 67.0 cm³/mol. The monoisotopic (exact) mass is 231 g/mol. The highest BCUT2D eigenvalue weighted by molar-refractivity contribution is 5.44. The van der Waals surface area contributed by atoms with Gasteiger partial charge in [-0.15, -0.1) is 12.3 Å². The molecule has 0 fully saturated rings. The van der Waals surface area contributed by atoms with Crippen molar-refractivity contribution in [2.24, 2.45) is 0 Å². The van der Waals surface area contributed by atoms with Gasteiger partial charge in [0.2, 0.25) is 0 Å². The van der Waals surface area contributed by atoms with Gasteiger partial charge in [0.05, 0.1) is 6.04 Å². The van der Waals surface area contributed by atoms with E-state index in [1.165, 1.54) is 0 Å². The number of rotatable bonds is 4. The van der Waals surface area contributed by atoms with E-state index in [2.05, 4.69) is 18.2 Å². The van der Waals surface area contributed by atoms with E-state index in [-0.39, 0.29) is 11.8 Å². The zero-order chi connectivity index (χ0) is 12.3. The Kier molecular flexibility index (Phi) is 3.55. The molecule has 90 valence electrons. The maximum Gasteiger partial charge on any atom is 0.127 e. The van der Waals surface area contributed by atoms with E-state index in [1.807, 2.05) is 6.07 Å². The molecule has 2 atom stereocenters. The van der Waals surface area contributed by atoms with E-state index in [4.69, 9.17) is 11.2 Å². The highest BCUT2D eigenvalue weighted by atomic mass is 16.5. The van der Waals surface area contributed by atoms with Crippen LogP contribution in [-0.4, -0.2) is 17.8 Å². The molecule has 1 aliphatic rings. The van der Waals surface area contributed by atoms with E-state index < -0.39 is 0 Å². The number of terminal acetylenes is 1. The molecule has 1 heterocycles. The average Bonchev–Trinajstić information content (AvgIpc) is 2.71. The van der Waals surface area contributed by atoms with Crippen LogP contribution in [0.3, 0.4) is 0 Å². The molecule has 1 aliphatic heterocycles. The topological polar surface area (TPSA) is 41.5 Å². The second-order valence-electron chi connectivity index (χ2n) is 4.27. The summed E-state index contributed by atoms with van der Waals surface area (Å²) in [5, 5.41) is 12.9. The Hall–Kier alpha value is -1.66. The zero-order valence-corrected chi connectivity index (χ0v) is 9.94. The number of benzene rings is 1. The number of phenolic OH excluding ortho intramolecular Hbond substituents is 1. The van der Waals surface area contributed by atoms with Crippen molar-refractivity contribution in [2.45, 2.75) is 31.8 Å². The molecule has 0 amide bonds. The molecule has 2 N–H and O–H groups in total. The maximum absolute atomic E-state index is 9.37. The van der Waals surface area contributed by atoms with Gasteiger partial charge < -0.3 is 15.2 Å². The third-order valence-corrected chi connectivity index (χ3v) is 3.07. The van der Waals surface area contributed by atoms with E-state index in [1.54, 1.807) is 12.1 Å². The number of fused-ring (bicyclic) bond motifs is 1. The molecule has 0 bridgehead atoms. The summed E-state index contributed by atoms with van der Waals surface area (Å²) in [5.41, 5.74) is 1.10. The fourth-order valence-electron chi connectivity index (χ4n) is 2.08. The largest absolute Gasteiger partial charge is 0.508 e. The number of hydrogen-bond acceptors (Lipinski definition) is 3. The summed E-state index contributed by atoms with van der Waals surface area (Å²) in [5.74, 6) is 3.68. The summed E-state index contributed by atoms with van der Waals surface area (Å²) >= 11 is 0. The molecule has 17 heavy (non-hydrogen) atoms. The molecular formula is C14H17NO2. The zero-order valence-electron chi connectivity index (χ0n) is 9.94. The molecule has 2 rings (SSSR count). The molecule has 0 spiro atoms. The molecule has 3 heteroatoms. The van der Waals surface area contributed by atoms with Crippen molar-refractivity contribution >= 4 is 0 Å². The van der Waals surface area contributed by atoms with E-state index in [0.29, 0.717) is 12.6 Å². The molecule has 2 unspecified atom stereocenters. The van der Waals surface area contributed by atoms with Crippen LogP contribution in [0.1, 0.15) is 31.4 Å². The van der Waals surface area contributed by atoms with E-state index in [9.17, 15) is 5.11 Å². The van der Waals surface area contributed by atoms with Crippen molar-refractivity contribution in [2.75, 3.05) is 6.61 Å².